The molecule has 1 aromatic carbocycles. The minimum atomic E-state index is -1.30. The van der Waals surface area contributed by atoms with Gasteiger partial charge in [-0.1, -0.05) is 19.3 Å². The van der Waals surface area contributed by atoms with Gasteiger partial charge in [0.1, 0.15) is 17.9 Å². The minimum Gasteiger partial charge on any atom is -0.490 e. The first-order valence-corrected chi connectivity index (χ1v) is 6.78. The predicted molar refractivity (Wildman–Crippen MR) is 73.6 cm³/mol. The number of carboxylic acids is 1. The zero-order valence-electron chi connectivity index (χ0n) is 11.4. The second-order valence-corrected chi connectivity index (χ2v) is 5.32. The van der Waals surface area contributed by atoms with E-state index < -0.39 is 16.5 Å². The second kappa shape index (κ2) is 6.09. The number of rotatable bonds is 5. The van der Waals surface area contributed by atoms with Crippen molar-refractivity contribution in [3.05, 3.63) is 33.9 Å². The van der Waals surface area contributed by atoms with Crippen LogP contribution in [0.1, 0.15) is 42.5 Å². The van der Waals surface area contributed by atoms with Gasteiger partial charge in [0.25, 0.3) is 5.69 Å². The highest BCUT2D eigenvalue weighted by atomic mass is 16.6. The summed E-state index contributed by atoms with van der Waals surface area (Å²) in [5.41, 5.74) is -1.53. The van der Waals surface area contributed by atoms with Crippen molar-refractivity contribution < 1.29 is 24.7 Å². The van der Waals surface area contributed by atoms with Crippen LogP contribution >= 0.6 is 0 Å². The SMILES string of the molecule is O=C(O)c1cc([N+](=O)[O-])ccc1OCC1(O)CCCCC1. The van der Waals surface area contributed by atoms with Crippen molar-refractivity contribution in [3.63, 3.8) is 0 Å². The number of aliphatic hydroxyl groups is 1. The summed E-state index contributed by atoms with van der Waals surface area (Å²) in [6.07, 6.45) is 4.11. The molecular formula is C14H17NO6. The summed E-state index contributed by atoms with van der Waals surface area (Å²) in [6, 6.07) is 3.41. The molecule has 0 heterocycles. The van der Waals surface area contributed by atoms with Gasteiger partial charge in [0.05, 0.1) is 10.5 Å². The normalized spacial score (nSPS) is 17.2. The van der Waals surface area contributed by atoms with E-state index >= 15 is 0 Å². The molecule has 21 heavy (non-hydrogen) atoms. The molecule has 2 rings (SSSR count). The number of ether oxygens (including phenoxy) is 1. The molecule has 1 aromatic rings. The van der Waals surface area contributed by atoms with Crippen LogP contribution in [0.5, 0.6) is 5.75 Å². The number of hydrogen-bond acceptors (Lipinski definition) is 5. The Balaban J connectivity index is 2.15. The van der Waals surface area contributed by atoms with Gasteiger partial charge in [0.15, 0.2) is 0 Å². The summed E-state index contributed by atoms with van der Waals surface area (Å²) < 4.78 is 5.42. The van der Waals surface area contributed by atoms with Gasteiger partial charge < -0.3 is 14.9 Å². The summed E-state index contributed by atoms with van der Waals surface area (Å²) in [6.45, 7) is -0.00884. The maximum Gasteiger partial charge on any atom is 0.339 e. The summed E-state index contributed by atoms with van der Waals surface area (Å²) in [5.74, 6) is -1.27. The Kier molecular flexibility index (Phi) is 4.42. The van der Waals surface area contributed by atoms with Gasteiger partial charge >= 0.3 is 5.97 Å². The summed E-state index contributed by atoms with van der Waals surface area (Å²) in [5, 5.41) is 30.1. The molecule has 0 radical (unpaired) electrons. The first kappa shape index (κ1) is 15.2. The zero-order chi connectivity index (χ0) is 15.5. The topological polar surface area (TPSA) is 110 Å². The molecule has 0 aromatic heterocycles. The van der Waals surface area contributed by atoms with E-state index in [1.54, 1.807) is 0 Å². The van der Waals surface area contributed by atoms with Crippen molar-refractivity contribution in [2.45, 2.75) is 37.7 Å². The van der Waals surface area contributed by atoms with Gasteiger partial charge in [-0.3, -0.25) is 10.1 Å². The number of aromatic carboxylic acids is 1. The second-order valence-electron chi connectivity index (χ2n) is 5.32. The fraction of sp³-hybridized carbons (Fsp3) is 0.500. The monoisotopic (exact) mass is 295 g/mol. The lowest BCUT2D eigenvalue weighted by molar-refractivity contribution is -0.384. The summed E-state index contributed by atoms with van der Waals surface area (Å²) >= 11 is 0. The predicted octanol–water partition coefficient (Wildman–Crippen LogP) is 2.37. The van der Waals surface area contributed by atoms with Gasteiger partial charge in [-0.2, -0.15) is 0 Å². The molecule has 1 aliphatic rings. The number of nitro groups is 1. The maximum atomic E-state index is 11.2. The first-order valence-electron chi connectivity index (χ1n) is 6.78. The Morgan fingerprint density at radius 2 is 2.00 bits per heavy atom. The van der Waals surface area contributed by atoms with Gasteiger partial charge in [-0.05, 0) is 18.9 Å². The van der Waals surface area contributed by atoms with Crippen LogP contribution in [0.25, 0.3) is 0 Å². The van der Waals surface area contributed by atoms with Gasteiger partial charge in [0, 0.05) is 12.1 Å². The van der Waals surface area contributed by atoms with Crippen LogP contribution in [0.15, 0.2) is 18.2 Å². The summed E-state index contributed by atoms with van der Waals surface area (Å²) in [7, 11) is 0. The highest BCUT2D eigenvalue weighted by Gasteiger charge is 2.30. The van der Waals surface area contributed by atoms with Crippen LogP contribution in [-0.2, 0) is 0 Å². The quantitative estimate of drug-likeness (QED) is 0.637. The van der Waals surface area contributed by atoms with E-state index in [1.807, 2.05) is 0 Å². The average Bonchev–Trinajstić information content (AvgIpc) is 2.45. The Labute approximate surface area is 121 Å². The van der Waals surface area contributed by atoms with Crippen molar-refractivity contribution in [2.24, 2.45) is 0 Å². The Bertz CT molecular complexity index is 550. The third-order valence-electron chi connectivity index (χ3n) is 3.68. The van der Waals surface area contributed by atoms with Gasteiger partial charge in [-0.15, -0.1) is 0 Å². The molecule has 0 bridgehead atoms. The van der Waals surface area contributed by atoms with E-state index in [9.17, 15) is 20.0 Å². The van der Waals surface area contributed by atoms with Crippen LogP contribution in [0.4, 0.5) is 5.69 Å². The van der Waals surface area contributed by atoms with Crippen molar-refractivity contribution in [2.75, 3.05) is 6.61 Å². The number of nitro benzene ring substituents is 1. The van der Waals surface area contributed by atoms with Crippen LogP contribution < -0.4 is 4.74 Å². The van der Waals surface area contributed by atoms with Crippen LogP contribution in [0.2, 0.25) is 0 Å². The largest absolute Gasteiger partial charge is 0.490 e. The molecule has 1 fully saturated rings. The Hall–Kier alpha value is -2.15. The Morgan fingerprint density at radius 1 is 1.33 bits per heavy atom. The van der Waals surface area contributed by atoms with E-state index in [0.717, 1.165) is 25.3 Å². The third kappa shape index (κ3) is 3.69. The molecular weight excluding hydrogens is 278 g/mol. The Morgan fingerprint density at radius 3 is 2.57 bits per heavy atom. The molecule has 0 spiro atoms. The fourth-order valence-electron chi connectivity index (χ4n) is 2.49. The fourth-order valence-corrected chi connectivity index (χ4v) is 2.49. The molecule has 0 unspecified atom stereocenters. The zero-order valence-corrected chi connectivity index (χ0v) is 11.4. The van der Waals surface area contributed by atoms with Gasteiger partial charge in [0.2, 0.25) is 0 Å². The van der Waals surface area contributed by atoms with E-state index in [0.29, 0.717) is 12.8 Å². The lowest BCUT2D eigenvalue weighted by atomic mass is 9.85. The summed E-state index contributed by atoms with van der Waals surface area (Å²) in [4.78, 5) is 21.2. The molecule has 1 saturated carbocycles. The standard InChI is InChI=1S/C14H17NO6/c16-13(17)11-8-10(15(19)20)4-5-12(11)21-9-14(18)6-2-1-3-7-14/h4-5,8,18H,1-3,6-7,9H2,(H,16,17). The number of hydrogen-bond donors (Lipinski definition) is 2. The number of carbonyl (C=O) groups is 1. The van der Waals surface area contributed by atoms with E-state index in [2.05, 4.69) is 0 Å². The van der Waals surface area contributed by atoms with E-state index in [-0.39, 0.29) is 23.6 Å². The molecule has 0 aliphatic heterocycles. The molecule has 1 aliphatic carbocycles. The van der Waals surface area contributed by atoms with Crippen LogP contribution in [0, 0.1) is 10.1 Å². The lowest BCUT2D eigenvalue weighted by Gasteiger charge is -2.31. The highest BCUT2D eigenvalue weighted by Crippen LogP contribution is 2.30. The number of benzene rings is 1. The molecule has 7 nitrogen and oxygen atoms in total. The third-order valence-corrected chi connectivity index (χ3v) is 3.68. The lowest BCUT2D eigenvalue weighted by Crippen LogP contribution is -2.38. The molecule has 0 atom stereocenters. The van der Waals surface area contributed by atoms with E-state index in [1.165, 1.54) is 12.1 Å². The molecule has 0 saturated heterocycles. The minimum absolute atomic E-state index is 0.00884. The number of non-ortho nitro benzene ring substituents is 1. The van der Waals surface area contributed by atoms with Crippen LogP contribution in [0.3, 0.4) is 0 Å². The first-order chi connectivity index (χ1) is 9.91. The van der Waals surface area contributed by atoms with Crippen molar-refractivity contribution in [3.8, 4) is 5.75 Å². The maximum absolute atomic E-state index is 11.2. The molecule has 2 N–H and O–H groups in total. The number of carboxylic acid groups (broad SMARTS) is 1. The van der Waals surface area contributed by atoms with Gasteiger partial charge in [-0.25, -0.2) is 4.79 Å². The van der Waals surface area contributed by atoms with Crippen molar-refractivity contribution >= 4 is 11.7 Å². The number of nitrogens with zero attached hydrogens (tertiary/aromatic N) is 1. The molecule has 114 valence electrons. The molecule has 7 heteroatoms. The average molecular weight is 295 g/mol. The van der Waals surface area contributed by atoms with Crippen molar-refractivity contribution in [1.29, 1.82) is 0 Å². The van der Waals surface area contributed by atoms with Crippen molar-refractivity contribution in [1.82, 2.24) is 0 Å². The molecule has 0 amide bonds. The highest BCUT2D eigenvalue weighted by molar-refractivity contribution is 5.91. The van der Waals surface area contributed by atoms with E-state index in [4.69, 9.17) is 9.84 Å². The smallest absolute Gasteiger partial charge is 0.339 e. The van der Waals surface area contributed by atoms with Crippen LogP contribution in [-0.4, -0.2) is 33.3 Å².